The van der Waals surface area contributed by atoms with Crippen LogP contribution in [-0.4, -0.2) is 38.1 Å². The fourth-order valence-electron chi connectivity index (χ4n) is 3.59. The minimum absolute atomic E-state index is 0.116. The Morgan fingerprint density at radius 2 is 1.40 bits per heavy atom. The van der Waals surface area contributed by atoms with Crippen molar-refractivity contribution in [3.63, 3.8) is 0 Å². The van der Waals surface area contributed by atoms with Crippen molar-refractivity contribution in [1.82, 2.24) is 0 Å². The SMILES string of the molecule is COC(=O)c1cc(Cl)ccc1NC(=O)COCC(=O)Nc1cc(-c2cc(C)cc(C)c2)ccc1C. The minimum Gasteiger partial charge on any atom is -0.465 e. The van der Waals surface area contributed by atoms with Gasteiger partial charge < -0.3 is 20.1 Å². The van der Waals surface area contributed by atoms with Crippen LogP contribution in [0.4, 0.5) is 11.4 Å². The van der Waals surface area contributed by atoms with E-state index in [0.29, 0.717) is 10.7 Å². The lowest BCUT2D eigenvalue weighted by atomic mass is 9.99. The molecule has 0 saturated carbocycles. The van der Waals surface area contributed by atoms with Gasteiger partial charge >= 0.3 is 5.97 Å². The van der Waals surface area contributed by atoms with Crippen LogP contribution in [-0.2, 0) is 19.1 Å². The highest BCUT2D eigenvalue weighted by Crippen LogP contribution is 2.27. The zero-order chi connectivity index (χ0) is 25.5. The van der Waals surface area contributed by atoms with Gasteiger partial charge in [0.1, 0.15) is 13.2 Å². The Labute approximate surface area is 209 Å². The standard InChI is InChI=1S/C27H27ClN2O5/c1-16-9-17(2)11-20(10-16)19-6-5-18(3)24(12-19)30-26(32)15-35-14-25(31)29-23-8-7-21(28)13-22(23)27(33)34-4/h5-13H,14-15H2,1-4H3,(H,29,31)(H,30,32). The lowest BCUT2D eigenvalue weighted by molar-refractivity contribution is -0.125. The van der Waals surface area contributed by atoms with E-state index in [0.717, 1.165) is 27.8 Å². The molecular weight excluding hydrogens is 468 g/mol. The first-order valence-corrected chi connectivity index (χ1v) is 11.3. The molecule has 8 heteroatoms. The van der Waals surface area contributed by atoms with E-state index >= 15 is 0 Å². The molecule has 0 aliphatic carbocycles. The Kier molecular flexibility index (Phi) is 8.63. The highest BCUT2D eigenvalue weighted by molar-refractivity contribution is 6.31. The number of benzene rings is 3. The number of halogens is 1. The molecule has 3 aromatic rings. The lowest BCUT2D eigenvalue weighted by Gasteiger charge is -2.13. The molecule has 0 atom stereocenters. The largest absolute Gasteiger partial charge is 0.465 e. The molecule has 7 nitrogen and oxygen atoms in total. The summed E-state index contributed by atoms with van der Waals surface area (Å²) in [6.07, 6.45) is 0. The molecule has 0 aliphatic heterocycles. The minimum atomic E-state index is -0.637. The summed E-state index contributed by atoms with van der Waals surface area (Å²) in [6, 6.07) is 16.6. The highest BCUT2D eigenvalue weighted by atomic mass is 35.5. The Balaban J connectivity index is 1.57. The number of rotatable bonds is 8. The fourth-order valence-corrected chi connectivity index (χ4v) is 3.76. The van der Waals surface area contributed by atoms with Crippen molar-refractivity contribution in [2.24, 2.45) is 0 Å². The summed E-state index contributed by atoms with van der Waals surface area (Å²) >= 11 is 5.92. The lowest BCUT2D eigenvalue weighted by Crippen LogP contribution is -2.24. The molecule has 2 amide bonds. The number of hydrogen-bond acceptors (Lipinski definition) is 5. The number of nitrogens with one attached hydrogen (secondary N) is 2. The van der Waals surface area contributed by atoms with Crippen LogP contribution in [0.15, 0.2) is 54.6 Å². The molecule has 35 heavy (non-hydrogen) atoms. The summed E-state index contributed by atoms with van der Waals surface area (Å²) in [5.41, 5.74) is 6.31. The molecule has 2 N–H and O–H groups in total. The topological polar surface area (TPSA) is 93.7 Å². The van der Waals surface area contributed by atoms with Gasteiger partial charge in [-0.1, -0.05) is 53.1 Å². The number of carbonyl (C=O) groups is 3. The second kappa shape index (κ2) is 11.6. The van der Waals surface area contributed by atoms with Crippen LogP contribution in [0.5, 0.6) is 0 Å². The normalized spacial score (nSPS) is 10.5. The average molecular weight is 495 g/mol. The van der Waals surface area contributed by atoms with Gasteiger partial charge in [0, 0.05) is 10.7 Å². The molecule has 0 aromatic heterocycles. The number of methoxy groups -OCH3 is 1. The third-order valence-electron chi connectivity index (χ3n) is 5.19. The van der Waals surface area contributed by atoms with Gasteiger partial charge in [0.15, 0.2) is 0 Å². The molecule has 182 valence electrons. The molecule has 3 rings (SSSR count). The van der Waals surface area contributed by atoms with Gasteiger partial charge in [-0.05, 0) is 61.7 Å². The fraction of sp³-hybridized carbons (Fsp3) is 0.222. The van der Waals surface area contributed by atoms with E-state index < -0.39 is 11.9 Å². The van der Waals surface area contributed by atoms with E-state index in [2.05, 4.69) is 28.8 Å². The van der Waals surface area contributed by atoms with E-state index in [9.17, 15) is 14.4 Å². The second-order valence-electron chi connectivity index (χ2n) is 8.18. The first-order chi connectivity index (χ1) is 16.7. The number of ether oxygens (including phenoxy) is 2. The molecule has 0 spiro atoms. The molecule has 0 fully saturated rings. The Hall–Kier alpha value is -3.68. The van der Waals surface area contributed by atoms with Gasteiger partial charge in [0.25, 0.3) is 0 Å². The maximum Gasteiger partial charge on any atom is 0.340 e. The first kappa shape index (κ1) is 25.9. The maximum absolute atomic E-state index is 12.4. The van der Waals surface area contributed by atoms with Gasteiger partial charge in [0.2, 0.25) is 11.8 Å². The van der Waals surface area contributed by atoms with E-state index in [-0.39, 0.29) is 30.4 Å². The van der Waals surface area contributed by atoms with E-state index in [1.54, 1.807) is 0 Å². The van der Waals surface area contributed by atoms with Crippen LogP contribution >= 0.6 is 11.6 Å². The number of carbonyl (C=O) groups excluding carboxylic acids is 3. The van der Waals surface area contributed by atoms with Gasteiger partial charge in [-0.15, -0.1) is 0 Å². The number of esters is 1. The first-order valence-electron chi connectivity index (χ1n) is 10.9. The van der Waals surface area contributed by atoms with Gasteiger partial charge in [0.05, 0.1) is 18.4 Å². The Morgan fingerprint density at radius 3 is 2.03 bits per heavy atom. The smallest absolute Gasteiger partial charge is 0.340 e. The molecule has 3 aromatic carbocycles. The van der Waals surface area contributed by atoms with Crippen LogP contribution in [0.1, 0.15) is 27.0 Å². The van der Waals surface area contributed by atoms with Crippen molar-refractivity contribution >= 4 is 40.8 Å². The number of anilines is 2. The zero-order valence-electron chi connectivity index (χ0n) is 20.0. The summed E-state index contributed by atoms with van der Waals surface area (Å²) in [4.78, 5) is 36.6. The Morgan fingerprint density at radius 1 is 0.771 bits per heavy atom. The number of hydrogen-bond donors (Lipinski definition) is 2. The van der Waals surface area contributed by atoms with Crippen molar-refractivity contribution in [3.8, 4) is 11.1 Å². The van der Waals surface area contributed by atoms with Gasteiger partial charge in [-0.2, -0.15) is 0 Å². The molecule has 0 saturated heterocycles. The second-order valence-corrected chi connectivity index (χ2v) is 8.61. The molecule has 0 radical (unpaired) electrons. The molecular formula is C27H27ClN2O5. The van der Waals surface area contributed by atoms with E-state index in [4.69, 9.17) is 21.1 Å². The highest BCUT2D eigenvalue weighted by Gasteiger charge is 2.15. The van der Waals surface area contributed by atoms with Crippen molar-refractivity contribution in [2.75, 3.05) is 31.0 Å². The van der Waals surface area contributed by atoms with Crippen LogP contribution in [0.25, 0.3) is 11.1 Å². The van der Waals surface area contributed by atoms with Crippen LogP contribution in [0, 0.1) is 20.8 Å². The van der Waals surface area contributed by atoms with Gasteiger partial charge in [-0.25, -0.2) is 4.79 Å². The van der Waals surface area contributed by atoms with Gasteiger partial charge in [-0.3, -0.25) is 9.59 Å². The van der Waals surface area contributed by atoms with E-state index in [1.165, 1.54) is 25.3 Å². The van der Waals surface area contributed by atoms with Crippen LogP contribution < -0.4 is 10.6 Å². The quantitative estimate of drug-likeness (QED) is 0.414. The molecule has 0 unspecified atom stereocenters. The molecule has 0 aliphatic rings. The third-order valence-corrected chi connectivity index (χ3v) is 5.43. The summed E-state index contributed by atoms with van der Waals surface area (Å²) < 4.78 is 9.98. The summed E-state index contributed by atoms with van der Waals surface area (Å²) in [7, 11) is 1.23. The van der Waals surface area contributed by atoms with Crippen LogP contribution in [0.3, 0.4) is 0 Å². The summed E-state index contributed by atoms with van der Waals surface area (Å²) in [5.74, 6) is -1.56. The number of aryl methyl sites for hydroxylation is 3. The number of amides is 2. The summed E-state index contributed by atoms with van der Waals surface area (Å²) in [6.45, 7) is 5.30. The molecule has 0 bridgehead atoms. The summed E-state index contributed by atoms with van der Waals surface area (Å²) in [5, 5.41) is 5.73. The van der Waals surface area contributed by atoms with Crippen LogP contribution in [0.2, 0.25) is 5.02 Å². The monoisotopic (exact) mass is 494 g/mol. The van der Waals surface area contributed by atoms with Crippen molar-refractivity contribution in [3.05, 3.63) is 81.9 Å². The van der Waals surface area contributed by atoms with Crippen molar-refractivity contribution < 1.29 is 23.9 Å². The predicted molar refractivity (Wildman–Crippen MR) is 137 cm³/mol. The zero-order valence-corrected chi connectivity index (χ0v) is 20.8. The van der Waals surface area contributed by atoms with E-state index in [1.807, 2.05) is 39.0 Å². The third kappa shape index (κ3) is 7.15. The predicted octanol–water partition coefficient (Wildman–Crippen LogP) is 5.31. The molecule has 0 heterocycles. The Bertz CT molecular complexity index is 1250. The van der Waals surface area contributed by atoms with Crippen molar-refractivity contribution in [1.29, 1.82) is 0 Å². The maximum atomic E-state index is 12.4. The van der Waals surface area contributed by atoms with Crippen molar-refractivity contribution in [2.45, 2.75) is 20.8 Å². The average Bonchev–Trinajstić information content (AvgIpc) is 2.80.